The Labute approximate surface area is 192 Å². The van der Waals surface area contributed by atoms with Gasteiger partial charge >= 0.3 is 0 Å². The molecule has 0 saturated carbocycles. The van der Waals surface area contributed by atoms with E-state index in [0.717, 1.165) is 43.0 Å². The number of ether oxygens (including phenoxy) is 2. The number of amides is 1. The first kappa shape index (κ1) is 22.2. The van der Waals surface area contributed by atoms with Crippen molar-refractivity contribution in [1.29, 1.82) is 0 Å². The van der Waals surface area contributed by atoms with Crippen molar-refractivity contribution in [3.05, 3.63) is 56.5 Å². The summed E-state index contributed by atoms with van der Waals surface area (Å²) in [4.78, 5) is 15.0. The summed E-state index contributed by atoms with van der Waals surface area (Å²) < 4.78 is 12.1. The first-order chi connectivity index (χ1) is 14.0. The zero-order valence-corrected chi connectivity index (χ0v) is 19.8. The highest BCUT2D eigenvalue weighted by Gasteiger charge is 2.17. The van der Waals surface area contributed by atoms with Gasteiger partial charge in [-0.3, -0.25) is 15.0 Å². The number of methoxy groups -OCH3 is 1. The van der Waals surface area contributed by atoms with Crippen LogP contribution in [0.3, 0.4) is 0 Å². The second kappa shape index (κ2) is 10.5. The number of hydrogen-bond acceptors (Lipinski definition) is 5. The van der Waals surface area contributed by atoms with Crippen LogP contribution in [0.1, 0.15) is 15.9 Å². The monoisotopic (exact) mass is 541 g/mol. The third-order valence-corrected chi connectivity index (χ3v) is 5.66. The molecule has 2 aromatic rings. The second-order valence-corrected chi connectivity index (χ2v) is 8.64. The summed E-state index contributed by atoms with van der Waals surface area (Å²) in [5.74, 6) is 0.0891. The summed E-state index contributed by atoms with van der Waals surface area (Å²) in [7, 11) is 1.51. The fraction of sp³-hybridized carbons (Fsp3) is 0.300. The number of carbonyl (C=O) groups is 1. The summed E-state index contributed by atoms with van der Waals surface area (Å²) >= 11 is 12.1. The number of thiocarbonyl (C=S) groups is 1. The van der Waals surface area contributed by atoms with Crippen molar-refractivity contribution in [1.82, 2.24) is 10.2 Å². The minimum absolute atomic E-state index is 0.217. The Bertz CT molecular complexity index is 887. The molecule has 2 aromatic carbocycles. The molecule has 6 nitrogen and oxygen atoms in total. The molecule has 1 saturated heterocycles. The molecule has 1 fully saturated rings. The first-order valence-corrected chi connectivity index (χ1v) is 11.0. The van der Waals surface area contributed by atoms with E-state index in [0.29, 0.717) is 15.8 Å². The Kier molecular flexibility index (Phi) is 8.02. The van der Waals surface area contributed by atoms with Crippen LogP contribution in [0.15, 0.2) is 45.3 Å². The van der Waals surface area contributed by atoms with E-state index in [-0.39, 0.29) is 11.0 Å². The van der Waals surface area contributed by atoms with Crippen LogP contribution in [-0.4, -0.2) is 49.3 Å². The van der Waals surface area contributed by atoms with Crippen molar-refractivity contribution in [3.63, 3.8) is 0 Å². The standard InChI is InChI=1S/C20H21Br2N3O3S/c1-27-18-16(10-14(21)11-17(18)22)19(26)24-20(29)23-15-4-2-13(3-5-15)12-25-6-8-28-9-7-25/h2-5,10-11H,6-9,12H2,1H3,(H2,23,24,26,29). The minimum atomic E-state index is -0.356. The lowest BCUT2D eigenvalue weighted by molar-refractivity contribution is 0.0342. The molecule has 0 unspecified atom stereocenters. The van der Waals surface area contributed by atoms with Gasteiger partial charge in [-0.2, -0.15) is 0 Å². The molecule has 1 aliphatic rings. The Morgan fingerprint density at radius 1 is 1.21 bits per heavy atom. The molecule has 0 aromatic heterocycles. The fourth-order valence-corrected chi connectivity index (χ4v) is 4.58. The van der Waals surface area contributed by atoms with Crippen LogP contribution in [0, 0.1) is 0 Å². The van der Waals surface area contributed by atoms with E-state index in [9.17, 15) is 4.79 Å². The van der Waals surface area contributed by atoms with E-state index in [4.69, 9.17) is 21.7 Å². The van der Waals surface area contributed by atoms with Crippen LogP contribution in [0.4, 0.5) is 5.69 Å². The lowest BCUT2D eigenvalue weighted by Crippen LogP contribution is -2.35. The van der Waals surface area contributed by atoms with Gasteiger partial charge in [0.1, 0.15) is 5.75 Å². The van der Waals surface area contributed by atoms with Gasteiger partial charge in [-0.05, 0) is 58.0 Å². The lowest BCUT2D eigenvalue weighted by Gasteiger charge is -2.26. The molecule has 0 spiro atoms. The van der Waals surface area contributed by atoms with Gasteiger partial charge in [0.15, 0.2) is 5.11 Å². The van der Waals surface area contributed by atoms with Crippen molar-refractivity contribution in [3.8, 4) is 5.75 Å². The lowest BCUT2D eigenvalue weighted by atomic mass is 10.2. The van der Waals surface area contributed by atoms with Crippen LogP contribution in [0.25, 0.3) is 0 Å². The molecule has 29 heavy (non-hydrogen) atoms. The quantitative estimate of drug-likeness (QED) is 0.553. The van der Waals surface area contributed by atoms with Gasteiger partial charge in [0, 0.05) is 29.8 Å². The summed E-state index contributed by atoms with van der Waals surface area (Å²) in [6, 6.07) is 11.5. The van der Waals surface area contributed by atoms with Gasteiger partial charge in [-0.1, -0.05) is 28.1 Å². The average Bonchev–Trinajstić information content (AvgIpc) is 2.69. The fourth-order valence-electron chi connectivity index (χ4n) is 2.98. The smallest absolute Gasteiger partial charge is 0.261 e. The predicted octanol–water partition coefficient (Wildman–Crippen LogP) is 4.18. The Morgan fingerprint density at radius 3 is 2.55 bits per heavy atom. The molecule has 9 heteroatoms. The third kappa shape index (κ3) is 6.23. The topological polar surface area (TPSA) is 62.8 Å². The van der Waals surface area contributed by atoms with E-state index < -0.39 is 0 Å². The molecule has 0 bridgehead atoms. The number of rotatable bonds is 5. The zero-order valence-electron chi connectivity index (χ0n) is 15.8. The first-order valence-electron chi connectivity index (χ1n) is 9.00. The van der Waals surface area contributed by atoms with E-state index in [1.165, 1.54) is 12.7 Å². The van der Waals surface area contributed by atoms with Gasteiger partial charge < -0.3 is 14.8 Å². The van der Waals surface area contributed by atoms with Crippen molar-refractivity contribution < 1.29 is 14.3 Å². The number of hydrogen-bond donors (Lipinski definition) is 2. The van der Waals surface area contributed by atoms with Crippen LogP contribution < -0.4 is 15.4 Å². The number of halogens is 2. The highest BCUT2D eigenvalue weighted by atomic mass is 79.9. The molecule has 2 N–H and O–H groups in total. The molecule has 1 aliphatic heterocycles. The number of carbonyl (C=O) groups excluding carboxylic acids is 1. The normalized spacial score (nSPS) is 14.3. The average molecular weight is 543 g/mol. The second-order valence-electron chi connectivity index (χ2n) is 6.46. The van der Waals surface area contributed by atoms with Gasteiger partial charge in [0.25, 0.3) is 5.91 Å². The number of benzene rings is 2. The molecule has 0 aliphatic carbocycles. The summed E-state index contributed by atoms with van der Waals surface area (Å²) in [5, 5.41) is 5.95. The maximum atomic E-state index is 12.6. The summed E-state index contributed by atoms with van der Waals surface area (Å²) in [6.45, 7) is 4.36. The largest absolute Gasteiger partial charge is 0.495 e. The highest BCUT2D eigenvalue weighted by molar-refractivity contribution is 9.11. The SMILES string of the molecule is COc1c(Br)cc(Br)cc1C(=O)NC(=S)Nc1ccc(CN2CCOCC2)cc1. The van der Waals surface area contributed by atoms with Crippen LogP contribution in [0.2, 0.25) is 0 Å². The van der Waals surface area contributed by atoms with Gasteiger partial charge in [0.2, 0.25) is 0 Å². The summed E-state index contributed by atoms with van der Waals surface area (Å²) in [5.41, 5.74) is 2.40. The van der Waals surface area contributed by atoms with Crippen LogP contribution >= 0.6 is 44.1 Å². The molecular weight excluding hydrogens is 522 g/mol. The van der Waals surface area contributed by atoms with E-state index >= 15 is 0 Å². The molecular formula is C20H21Br2N3O3S. The maximum absolute atomic E-state index is 12.6. The molecule has 3 rings (SSSR count). The predicted molar refractivity (Wildman–Crippen MR) is 125 cm³/mol. The van der Waals surface area contributed by atoms with Crippen molar-refractivity contribution >= 4 is 60.8 Å². The van der Waals surface area contributed by atoms with Crippen molar-refractivity contribution in [2.75, 3.05) is 38.7 Å². The van der Waals surface area contributed by atoms with Crippen molar-refractivity contribution in [2.24, 2.45) is 0 Å². The maximum Gasteiger partial charge on any atom is 0.261 e. The Hall–Kier alpha value is -1.52. The molecule has 154 valence electrons. The highest BCUT2D eigenvalue weighted by Crippen LogP contribution is 2.32. The minimum Gasteiger partial charge on any atom is -0.495 e. The van der Waals surface area contributed by atoms with Crippen LogP contribution in [0.5, 0.6) is 5.75 Å². The molecule has 1 heterocycles. The number of nitrogens with one attached hydrogen (secondary N) is 2. The van der Waals surface area contributed by atoms with Crippen LogP contribution in [-0.2, 0) is 11.3 Å². The Balaban J connectivity index is 1.58. The third-order valence-electron chi connectivity index (χ3n) is 4.41. The number of nitrogens with zero attached hydrogens (tertiary/aromatic N) is 1. The van der Waals surface area contributed by atoms with Gasteiger partial charge in [0.05, 0.1) is 30.4 Å². The van der Waals surface area contributed by atoms with Gasteiger partial charge in [-0.15, -0.1) is 0 Å². The number of anilines is 1. The number of morpholine rings is 1. The zero-order chi connectivity index (χ0) is 20.8. The van der Waals surface area contributed by atoms with Crippen molar-refractivity contribution in [2.45, 2.75) is 6.54 Å². The molecule has 0 atom stereocenters. The molecule has 1 amide bonds. The molecule has 0 radical (unpaired) electrons. The Morgan fingerprint density at radius 2 is 1.90 bits per heavy atom. The van der Waals surface area contributed by atoms with E-state index in [2.05, 4.69) is 59.5 Å². The van der Waals surface area contributed by atoms with Gasteiger partial charge in [-0.25, -0.2) is 0 Å². The van der Waals surface area contributed by atoms with E-state index in [1.54, 1.807) is 6.07 Å². The summed E-state index contributed by atoms with van der Waals surface area (Å²) in [6.07, 6.45) is 0. The van der Waals surface area contributed by atoms with E-state index in [1.807, 2.05) is 18.2 Å².